The lowest BCUT2D eigenvalue weighted by molar-refractivity contribution is 0.0570. The van der Waals surface area contributed by atoms with Crippen molar-refractivity contribution in [1.82, 2.24) is 19.6 Å². The van der Waals surface area contributed by atoms with Gasteiger partial charge in [0.2, 0.25) is 0 Å². The van der Waals surface area contributed by atoms with E-state index >= 15 is 0 Å². The summed E-state index contributed by atoms with van der Waals surface area (Å²) in [6.07, 6.45) is 1.26. The van der Waals surface area contributed by atoms with Crippen LogP contribution in [0.25, 0.3) is 5.69 Å². The second-order valence-corrected chi connectivity index (χ2v) is 6.45. The van der Waals surface area contributed by atoms with E-state index in [-0.39, 0.29) is 12.0 Å². The number of nitrogens with zero attached hydrogens (tertiary/aromatic N) is 4. The summed E-state index contributed by atoms with van der Waals surface area (Å²) in [6.45, 7) is 5.87. The van der Waals surface area contributed by atoms with Gasteiger partial charge in [0, 0.05) is 31.2 Å². The van der Waals surface area contributed by atoms with E-state index < -0.39 is 0 Å². The Morgan fingerprint density at radius 3 is 2.35 bits per heavy atom. The second kappa shape index (κ2) is 7.78. The van der Waals surface area contributed by atoms with Crippen LogP contribution in [0.15, 0.2) is 30.5 Å². The molecule has 26 heavy (non-hydrogen) atoms. The third kappa shape index (κ3) is 3.67. The number of ether oxygens (including phenoxy) is 1. The highest BCUT2D eigenvalue weighted by Gasteiger charge is 2.27. The molecule has 2 aromatic rings. The topological polar surface area (TPSA) is 67.7 Å². The summed E-state index contributed by atoms with van der Waals surface area (Å²) in [5.41, 5.74) is 2.17. The number of amides is 2. The van der Waals surface area contributed by atoms with E-state index in [1.165, 1.54) is 0 Å². The highest BCUT2D eigenvalue weighted by atomic mass is 35.5. The molecule has 1 aliphatic rings. The van der Waals surface area contributed by atoms with Crippen LogP contribution in [0.5, 0.6) is 0 Å². The zero-order valence-corrected chi connectivity index (χ0v) is 15.6. The van der Waals surface area contributed by atoms with E-state index in [2.05, 4.69) is 5.10 Å². The number of halogens is 1. The lowest BCUT2D eigenvalue weighted by atomic mass is 10.2. The van der Waals surface area contributed by atoms with Gasteiger partial charge in [0.05, 0.1) is 29.7 Å². The van der Waals surface area contributed by atoms with E-state index in [4.69, 9.17) is 16.3 Å². The highest BCUT2D eigenvalue weighted by molar-refractivity contribution is 6.30. The van der Waals surface area contributed by atoms with E-state index in [0.717, 1.165) is 11.4 Å². The summed E-state index contributed by atoms with van der Waals surface area (Å²) in [5.74, 6) is -0.0776. The van der Waals surface area contributed by atoms with Crippen molar-refractivity contribution in [2.45, 2.75) is 13.8 Å². The third-order valence-corrected chi connectivity index (χ3v) is 4.66. The Kier molecular flexibility index (Phi) is 5.46. The number of piperazine rings is 1. The van der Waals surface area contributed by atoms with Crippen LogP contribution in [0.2, 0.25) is 5.02 Å². The van der Waals surface area contributed by atoms with E-state index in [1.807, 2.05) is 19.1 Å². The molecule has 8 heteroatoms. The lowest BCUT2D eigenvalue weighted by Gasteiger charge is -2.34. The summed E-state index contributed by atoms with van der Waals surface area (Å²) in [4.78, 5) is 28.0. The van der Waals surface area contributed by atoms with Gasteiger partial charge < -0.3 is 14.5 Å². The Morgan fingerprint density at radius 2 is 1.73 bits per heavy atom. The van der Waals surface area contributed by atoms with Crippen LogP contribution in [-0.4, -0.2) is 64.4 Å². The van der Waals surface area contributed by atoms with E-state index in [1.54, 1.807) is 39.7 Å². The summed E-state index contributed by atoms with van der Waals surface area (Å²) in [6, 6.07) is 7.28. The Balaban J connectivity index is 1.70. The quantitative estimate of drug-likeness (QED) is 0.826. The Bertz CT molecular complexity index is 795. The zero-order chi connectivity index (χ0) is 18.7. The first-order chi connectivity index (χ1) is 12.5. The van der Waals surface area contributed by atoms with Crippen molar-refractivity contribution in [3.8, 4) is 5.69 Å². The molecule has 0 spiro atoms. The molecular formula is C18H21ClN4O3. The van der Waals surface area contributed by atoms with Gasteiger partial charge in [-0.3, -0.25) is 4.79 Å². The average molecular weight is 377 g/mol. The predicted molar refractivity (Wildman–Crippen MR) is 97.8 cm³/mol. The van der Waals surface area contributed by atoms with Crippen LogP contribution in [0, 0.1) is 6.92 Å². The minimum Gasteiger partial charge on any atom is -0.450 e. The van der Waals surface area contributed by atoms with E-state index in [0.29, 0.717) is 43.4 Å². The SMILES string of the molecule is CCOC(=O)N1CCN(C(=O)c2cnn(-c3ccc(Cl)cc3)c2C)CC1. The average Bonchev–Trinajstić information content (AvgIpc) is 3.03. The number of hydrogen-bond acceptors (Lipinski definition) is 4. The van der Waals surface area contributed by atoms with Gasteiger partial charge in [-0.05, 0) is 38.1 Å². The third-order valence-electron chi connectivity index (χ3n) is 4.40. The smallest absolute Gasteiger partial charge is 0.409 e. The molecule has 1 aromatic heterocycles. The van der Waals surface area contributed by atoms with Gasteiger partial charge in [0.25, 0.3) is 5.91 Å². The number of benzene rings is 1. The summed E-state index contributed by atoms with van der Waals surface area (Å²) in [5, 5.41) is 4.99. The molecule has 1 saturated heterocycles. The van der Waals surface area contributed by atoms with Gasteiger partial charge in [-0.1, -0.05) is 11.6 Å². The van der Waals surface area contributed by atoms with Crippen LogP contribution in [0.3, 0.4) is 0 Å². The highest BCUT2D eigenvalue weighted by Crippen LogP contribution is 2.19. The minimum absolute atomic E-state index is 0.0776. The molecule has 0 unspecified atom stereocenters. The van der Waals surface area contributed by atoms with Crippen molar-refractivity contribution >= 4 is 23.6 Å². The number of hydrogen-bond donors (Lipinski definition) is 0. The molecule has 0 radical (unpaired) electrons. The maximum Gasteiger partial charge on any atom is 0.409 e. The molecule has 2 heterocycles. The second-order valence-electron chi connectivity index (χ2n) is 6.01. The maximum atomic E-state index is 12.8. The van der Waals surface area contributed by atoms with Crippen molar-refractivity contribution in [2.75, 3.05) is 32.8 Å². The molecule has 7 nitrogen and oxygen atoms in total. The lowest BCUT2D eigenvalue weighted by Crippen LogP contribution is -2.50. The first-order valence-electron chi connectivity index (χ1n) is 8.52. The largest absolute Gasteiger partial charge is 0.450 e. The van der Waals surface area contributed by atoms with Crippen LogP contribution >= 0.6 is 11.6 Å². The zero-order valence-electron chi connectivity index (χ0n) is 14.8. The van der Waals surface area contributed by atoms with Crippen LogP contribution < -0.4 is 0 Å². The molecule has 0 N–H and O–H groups in total. The summed E-state index contributed by atoms with van der Waals surface area (Å²) in [7, 11) is 0. The van der Waals surface area contributed by atoms with Crippen LogP contribution in [0.1, 0.15) is 23.0 Å². The molecule has 0 aliphatic carbocycles. The molecule has 0 bridgehead atoms. The molecule has 1 fully saturated rings. The maximum absolute atomic E-state index is 12.8. The number of rotatable bonds is 3. The molecule has 138 valence electrons. The summed E-state index contributed by atoms with van der Waals surface area (Å²) < 4.78 is 6.72. The van der Waals surface area contributed by atoms with Gasteiger partial charge >= 0.3 is 6.09 Å². The standard InChI is InChI=1S/C18H21ClN4O3/c1-3-26-18(25)22-10-8-21(9-11-22)17(24)16-12-20-23(13(16)2)15-6-4-14(19)5-7-15/h4-7,12H,3,8-11H2,1-2H3. The van der Waals surface area contributed by atoms with Crippen molar-refractivity contribution in [3.63, 3.8) is 0 Å². The van der Waals surface area contributed by atoms with Gasteiger partial charge in [0.15, 0.2) is 0 Å². The fourth-order valence-electron chi connectivity index (χ4n) is 2.94. The number of carbonyl (C=O) groups excluding carboxylic acids is 2. The Hall–Kier alpha value is -2.54. The molecule has 2 amide bonds. The van der Waals surface area contributed by atoms with Crippen LogP contribution in [-0.2, 0) is 4.74 Å². The monoisotopic (exact) mass is 376 g/mol. The van der Waals surface area contributed by atoms with Crippen molar-refractivity contribution < 1.29 is 14.3 Å². The fourth-order valence-corrected chi connectivity index (χ4v) is 3.07. The van der Waals surface area contributed by atoms with Crippen molar-refractivity contribution in [2.24, 2.45) is 0 Å². The normalized spacial score (nSPS) is 14.4. The first-order valence-corrected chi connectivity index (χ1v) is 8.90. The van der Waals surface area contributed by atoms with Crippen LogP contribution in [0.4, 0.5) is 4.79 Å². The molecule has 0 atom stereocenters. The van der Waals surface area contributed by atoms with E-state index in [9.17, 15) is 9.59 Å². The molecule has 0 saturated carbocycles. The minimum atomic E-state index is -0.327. The fraction of sp³-hybridized carbons (Fsp3) is 0.389. The van der Waals surface area contributed by atoms with Gasteiger partial charge in [-0.15, -0.1) is 0 Å². The predicted octanol–water partition coefficient (Wildman–Crippen LogP) is 2.75. The first kappa shape index (κ1) is 18.3. The Morgan fingerprint density at radius 1 is 1.12 bits per heavy atom. The van der Waals surface area contributed by atoms with Crippen molar-refractivity contribution in [1.29, 1.82) is 0 Å². The molecule has 1 aliphatic heterocycles. The molecule has 1 aromatic carbocycles. The van der Waals surface area contributed by atoms with Gasteiger partial charge in [-0.2, -0.15) is 5.10 Å². The van der Waals surface area contributed by atoms with Crippen molar-refractivity contribution in [3.05, 3.63) is 46.7 Å². The summed E-state index contributed by atoms with van der Waals surface area (Å²) >= 11 is 5.92. The Labute approximate surface area is 157 Å². The van der Waals surface area contributed by atoms with Gasteiger partial charge in [-0.25, -0.2) is 9.48 Å². The molecular weight excluding hydrogens is 356 g/mol. The number of carbonyl (C=O) groups is 2. The number of aromatic nitrogens is 2. The van der Waals surface area contributed by atoms with Gasteiger partial charge in [0.1, 0.15) is 0 Å². The molecule has 3 rings (SSSR count).